The number of nitrogens with zero attached hydrogens (tertiary/aromatic N) is 1. The van der Waals surface area contributed by atoms with Crippen LogP contribution in [-0.2, 0) is 4.79 Å². The van der Waals surface area contributed by atoms with Gasteiger partial charge in [-0.05, 0) is 13.8 Å². The molecule has 2 nitrogen and oxygen atoms in total. The van der Waals surface area contributed by atoms with Gasteiger partial charge in [0.1, 0.15) is 0 Å². The lowest BCUT2D eigenvalue weighted by Gasteiger charge is -2.33. The molecule has 0 unspecified atom stereocenters. The molecule has 0 fully saturated rings. The van der Waals surface area contributed by atoms with Crippen molar-refractivity contribution in [3.05, 3.63) is 0 Å². The van der Waals surface area contributed by atoms with Gasteiger partial charge in [0.2, 0.25) is 5.91 Å². The summed E-state index contributed by atoms with van der Waals surface area (Å²) in [6, 6.07) is 0. The monoisotopic (exact) mass is 221 g/mol. The number of carbonyl (C=O) groups is 1. The molecule has 0 bridgehead atoms. The van der Waals surface area contributed by atoms with Crippen molar-refractivity contribution in [2.45, 2.75) is 32.7 Å². The number of halogens is 1. The van der Waals surface area contributed by atoms with Crippen molar-refractivity contribution in [3.8, 4) is 0 Å². The van der Waals surface area contributed by atoms with Gasteiger partial charge in [-0.3, -0.25) is 4.79 Å². The number of hydrogen-bond donors (Lipinski definition) is 0. The second-order valence-electron chi connectivity index (χ2n) is 3.25. The summed E-state index contributed by atoms with van der Waals surface area (Å²) >= 11 is 3.38. The number of hydrogen-bond acceptors (Lipinski definition) is 1. The highest BCUT2D eigenvalue weighted by Gasteiger charge is 2.24. The van der Waals surface area contributed by atoms with Gasteiger partial charge in [0.05, 0.1) is 0 Å². The van der Waals surface area contributed by atoms with E-state index in [1.54, 1.807) is 4.90 Å². The Morgan fingerprint density at radius 3 is 2.27 bits per heavy atom. The lowest BCUT2D eigenvalue weighted by molar-refractivity contribution is -0.133. The Balaban J connectivity index is 4.22. The molecular weight excluding hydrogens is 206 g/mol. The average Bonchev–Trinajstić information content (AvgIpc) is 2.01. The summed E-state index contributed by atoms with van der Waals surface area (Å²) < 4.78 is 0. The molecule has 0 aromatic rings. The fraction of sp³-hybridized carbons (Fsp3) is 0.875. The molecule has 1 amide bonds. The Morgan fingerprint density at radius 1 is 1.55 bits per heavy atom. The summed E-state index contributed by atoms with van der Waals surface area (Å²) in [6.45, 7) is 5.95. The molecule has 0 aromatic heterocycles. The number of alkyl halides is 1. The largest absolute Gasteiger partial charge is 0.340 e. The molecule has 0 atom stereocenters. The van der Waals surface area contributed by atoms with E-state index in [9.17, 15) is 4.79 Å². The number of carbonyl (C=O) groups excluding carboxylic acids is 1. The Hall–Kier alpha value is -0.0500. The van der Waals surface area contributed by atoms with E-state index in [0.717, 1.165) is 5.33 Å². The van der Waals surface area contributed by atoms with Gasteiger partial charge in [0.25, 0.3) is 0 Å². The highest BCUT2D eigenvalue weighted by atomic mass is 79.9. The molecule has 66 valence electrons. The predicted octanol–water partition coefficient (Wildman–Crippen LogP) is 2.03. The minimum absolute atomic E-state index is 0.0763. The normalized spacial score (nSPS) is 11.4. The Labute approximate surface area is 77.1 Å². The van der Waals surface area contributed by atoms with E-state index >= 15 is 0 Å². The SMILES string of the molecule is CCC(=O)N(C)C(C)(C)CBr. The van der Waals surface area contributed by atoms with Crippen LogP contribution in [0.2, 0.25) is 0 Å². The fourth-order valence-corrected chi connectivity index (χ4v) is 1.04. The number of amides is 1. The highest BCUT2D eigenvalue weighted by Crippen LogP contribution is 2.15. The van der Waals surface area contributed by atoms with Gasteiger partial charge in [-0.25, -0.2) is 0 Å². The summed E-state index contributed by atoms with van der Waals surface area (Å²) in [6.07, 6.45) is 0.576. The van der Waals surface area contributed by atoms with Crippen LogP contribution in [-0.4, -0.2) is 28.7 Å². The van der Waals surface area contributed by atoms with Crippen LogP contribution < -0.4 is 0 Å². The van der Waals surface area contributed by atoms with Crippen LogP contribution in [0.4, 0.5) is 0 Å². The van der Waals surface area contributed by atoms with Gasteiger partial charge in [-0.1, -0.05) is 22.9 Å². The molecule has 0 heterocycles. The number of rotatable bonds is 3. The lowest BCUT2D eigenvalue weighted by atomic mass is 10.1. The molecule has 0 saturated heterocycles. The molecule has 0 aliphatic heterocycles. The zero-order valence-electron chi connectivity index (χ0n) is 7.65. The van der Waals surface area contributed by atoms with Gasteiger partial charge in [0.15, 0.2) is 0 Å². The quantitative estimate of drug-likeness (QED) is 0.669. The van der Waals surface area contributed by atoms with Gasteiger partial charge < -0.3 is 4.90 Å². The summed E-state index contributed by atoms with van der Waals surface area (Å²) in [5.74, 6) is 0.189. The highest BCUT2D eigenvalue weighted by molar-refractivity contribution is 9.09. The van der Waals surface area contributed by atoms with Gasteiger partial charge >= 0.3 is 0 Å². The standard InChI is InChI=1S/C8H16BrNO/c1-5-7(11)10(4)8(2,3)6-9/h5-6H2,1-4H3. The van der Waals surface area contributed by atoms with Crippen molar-refractivity contribution in [1.29, 1.82) is 0 Å². The van der Waals surface area contributed by atoms with Crippen molar-refractivity contribution in [3.63, 3.8) is 0 Å². The summed E-state index contributed by atoms with van der Waals surface area (Å²) in [7, 11) is 1.84. The summed E-state index contributed by atoms with van der Waals surface area (Å²) in [5, 5.41) is 0.808. The minimum atomic E-state index is -0.0763. The van der Waals surface area contributed by atoms with Crippen LogP contribution in [0.25, 0.3) is 0 Å². The molecule has 0 spiro atoms. The average molecular weight is 222 g/mol. The Bertz CT molecular complexity index is 145. The summed E-state index contributed by atoms with van der Waals surface area (Å²) in [4.78, 5) is 13.0. The van der Waals surface area contributed by atoms with Crippen LogP contribution in [0.5, 0.6) is 0 Å². The van der Waals surface area contributed by atoms with E-state index in [-0.39, 0.29) is 11.4 Å². The van der Waals surface area contributed by atoms with E-state index in [4.69, 9.17) is 0 Å². The zero-order valence-corrected chi connectivity index (χ0v) is 9.23. The molecule has 11 heavy (non-hydrogen) atoms. The van der Waals surface area contributed by atoms with Crippen molar-refractivity contribution < 1.29 is 4.79 Å². The van der Waals surface area contributed by atoms with E-state index < -0.39 is 0 Å². The second kappa shape index (κ2) is 4.10. The van der Waals surface area contributed by atoms with Crippen LogP contribution in [0.3, 0.4) is 0 Å². The van der Waals surface area contributed by atoms with Gasteiger partial charge in [0, 0.05) is 24.3 Å². The molecule has 0 aromatic carbocycles. The van der Waals surface area contributed by atoms with E-state index in [1.807, 2.05) is 27.8 Å². The first-order valence-corrected chi connectivity index (χ1v) is 4.90. The molecule has 0 N–H and O–H groups in total. The summed E-state index contributed by atoms with van der Waals surface area (Å²) in [5.41, 5.74) is -0.0763. The third-order valence-corrected chi connectivity index (χ3v) is 3.28. The van der Waals surface area contributed by atoms with E-state index in [0.29, 0.717) is 6.42 Å². The first-order chi connectivity index (χ1) is 4.95. The predicted molar refractivity (Wildman–Crippen MR) is 50.9 cm³/mol. The fourth-order valence-electron chi connectivity index (χ4n) is 0.664. The second-order valence-corrected chi connectivity index (χ2v) is 3.81. The Morgan fingerprint density at radius 2 is 2.00 bits per heavy atom. The van der Waals surface area contributed by atoms with Crippen LogP contribution in [0.15, 0.2) is 0 Å². The molecular formula is C8H16BrNO. The lowest BCUT2D eigenvalue weighted by Crippen LogP contribution is -2.46. The Kier molecular flexibility index (Phi) is 4.08. The minimum Gasteiger partial charge on any atom is -0.340 e. The molecule has 3 heteroatoms. The maximum Gasteiger partial charge on any atom is 0.222 e. The smallest absolute Gasteiger partial charge is 0.222 e. The molecule has 0 saturated carbocycles. The topological polar surface area (TPSA) is 20.3 Å². The maximum absolute atomic E-state index is 11.2. The molecule has 0 aliphatic rings. The molecule has 0 rings (SSSR count). The third kappa shape index (κ3) is 2.81. The molecule has 0 aliphatic carbocycles. The van der Waals surface area contributed by atoms with Crippen LogP contribution in [0.1, 0.15) is 27.2 Å². The van der Waals surface area contributed by atoms with Crippen molar-refractivity contribution in [2.75, 3.05) is 12.4 Å². The van der Waals surface area contributed by atoms with Crippen LogP contribution in [0, 0.1) is 0 Å². The van der Waals surface area contributed by atoms with Crippen molar-refractivity contribution in [1.82, 2.24) is 4.90 Å². The third-order valence-electron chi connectivity index (χ3n) is 1.91. The first-order valence-electron chi connectivity index (χ1n) is 3.78. The van der Waals surface area contributed by atoms with Crippen molar-refractivity contribution >= 4 is 21.8 Å². The molecule has 0 radical (unpaired) electrons. The first kappa shape index (κ1) is 11.0. The van der Waals surface area contributed by atoms with E-state index in [2.05, 4.69) is 15.9 Å². The zero-order chi connectivity index (χ0) is 9.07. The van der Waals surface area contributed by atoms with Gasteiger partial charge in [-0.15, -0.1) is 0 Å². The maximum atomic E-state index is 11.2. The van der Waals surface area contributed by atoms with E-state index in [1.165, 1.54) is 0 Å². The van der Waals surface area contributed by atoms with Gasteiger partial charge in [-0.2, -0.15) is 0 Å². The van der Waals surface area contributed by atoms with Crippen LogP contribution >= 0.6 is 15.9 Å². The van der Waals surface area contributed by atoms with Crippen molar-refractivity contribution in [2.24, 2.45) is 0 Å².